The molecule has 0 amide bonds. The van der Waals surface area contributed by atoms with Gasteiger partial charge < -0.3 is 13.9 Å². The first kappa shape index (κ1) is 19.0. The fourth-order valence-electron chi connectivity index (χ4n) is 3.15. The molecule has 0 aliphatic heterocycles. The summed E-state index contributed by atoms with van der Waals surface area (Å²) in [5.41, 5.74) is 5.44. The summed E-state index contributed by atoms with van der Waals surface area (Å²) in [5.74, 6) is 1.30. The van der Waals surface area contributed by atoms with E-state index in [2.05, 4.69) is 22.0 Å². The van der Waals surface area contributed by atoms with Crippen molar-refractivity contribution in [1.29, 1.82) is 5.26 Å². The number of imidazole rings is 1. The van der Waals surface area contributed by atoms with Crippen molar-refractivity contribution in [2.75, 3.05) is 7.11 Å². The van der Waals surface area contributed by atoms with Gasteiger partial charge in [0.05, 0.1) is 24.4 Å². The number of halogens is 1. The third kappa shape index (κ3) is 3.96. The monoisotopic (exact) mass is 447 g/mol. The van der Waals surface area contributed by atoms with Gasteiger partial charge in [-0.1, -0.05) is 12.1 Å². The van der Waals surface area contributed by atoms with E-state index in [0.717, 1.165) is 32.5 Å². The fraction of sp³-hybridized carbons (Fsp3) is 0.130. The molecular formula is C23H18BrN3O2. The van der Waals surface area contributed by atoms with Crippen LogP contribution in [0.25, 0.3) is 16.9 Å². The number of hydrogen-bond donors (Lipinski definition) is 0. The van der Waals surface area contributed by atoms with E-state index in [9.17, 15) is 0 Å². The van der Waals surface area contributed by atoms with Crippen molar-refractivity contribution >= 4 is 21.6 Å². The molecule has 0 atom stereocenters. The van der Waals surface area contributed by atoms with E-state index in [0.29, 0.717) is 23.7 Å². The van der Waals surface area contributed by atoms with Gasteiger partial charge in [0.1, 0.15) is 12.3 Å². The van der Waals surface area contributed by atoms with Crippen LogP contribution in [0.1, 0.15) is 16.7 Å². The Labute approximate surface area is 177 Å². The lowest BCUT2D eigenvalue weighted by Gasteiger charge is -2.12. The molecule has 5 nitrogen and oxygen atoms in total. The number of aromatic nitrogens is 2. The molecule has 0 radical (unpaired) electrons. The zero-order valence-electron chi connectivity index (χ0n) is 16.0. The van der Waals surface area contributed by atoms with Crippen molar-refractivity contribution in [3.05, 3.63) is 82.1 Å². The summed E-state index contributed by atoms with van der Waals surface area (Å²) in [6.45, 7) is 2.43. The summed E-state index contributed by atoms with van der Waals surface area (Å²) < 4.78 is 14.5. The molecule has 144 valence electrons. The number of aryl methyl sites for hydroxylation is 1. The van der Waals surface area contributed by atoms with E-state index in [1.165, 1.54) is 0 Å². The van der Waals surface area contributed by atoms with Crippen LogP contribution in [0.2, 0.25) is 0 Å². The molecule has 29 heavy (non-hydrogen) atoms. The van der Waals surface area contributed by atoms with Crippen LogP contribution in [0.4, 0.5) is 0 Å². The largest absolute Gasteiger partial charge is 0.493 e. The molecular weight excluding hydrogens is 430 g/mol. The van der Waals surface area contributed by atoms with Crippen LogP contribution in [0, 0.1) is 18.3 Å². The van der Waals surface area contributed by atoms with Crippen LogP contribution in [0.15, 0.2) is 65.4 Å². The Morgan fingerprint density at radius 3 is 2.59 bits per heavy atom. The number of ether oxygens (including phenoxy) is 2. The molecule has 0 fully saturated rings. The second-order valence-corrected chi connectivity index (χ2v) is 7.58. The SMILES string of the molecule is COc1cc(-c2cn3cc(Br)cc(C)c3n2)ccc1OCc1ccc(C#N)cc1. The van der Waals surface area contributed by atoms with Gasteiger partial charge in [-0.05, 0) is 70.4 Å². The average molecular weight is 448 g/mol. The number of benzene rings is 2. The molecule has 0 N–H and O–H groups in total. The maximum Gasteiger partial charge on any atom is 0.161 e. The van der Waals surface area contributed by atoms with Gasteiger partial charge in [0.2, 0.25) is 0 Å². The first-order valence-corrected chi connectivity index (χ1v) is 9.82. The van der Waals surface area contributed by atoms with Gasteiger partial charge >= 0.3 is 0 Å². The Balaban J connectivity index is 1.59. The summed E-state index contributed by atoms with van der Waals surface area (Å²) in [7, 11) is 1.62. The summed E-state index contributed by atoms with van der Waals surface area (Å²) in [6, 6.07) is 17.3. The van der Waals surface area contributed by atoms with E-state index in [4.69, 9.17) is 19.7 Å². The van der Waals surface area contributed by atoms with Gasteiger partial charge in [0, 0.05) is 22.4 Å². The number of nitriles is 1. The lowest BCUT2D eigenvalue weighted by Crippen LogP contribution is -1.98. The average Bonchev–Trinajstić information content (AvgIpc) is 3.17. The quantitative estimate of drug-likeness (QED) is 0.403. The van der Waals surface area contributed by atoms with Gasteiger partial charge in [0.25, 0.3) is 0 Å². The van der Waals surface area contributed by atoms with Crippen molar-refractivity contribution in [2.45, 2.75) is 13.5 Å². The Morgan fingerprint density at radius 1 is 1.07 bits per heavy atom. The van der Waals surface area contributed by atoms with Crippen LogP contribution in [-0.4, -0.2) is 16.5 Å². The summed E-state index contributed by atoms with van der Waals surface area (Å²) in [6.07, 6.45) is 3.99. The van der Waals surface area contributed by atoms with Gasteiger partial charge in [-0.15, -0.1) is 0 Å². The van der Waals surface area contributed by atoms with E-state index in [1.54, 1.807) is 19.2 Å². The minimum atomic E-state index is 0.392. The molecule has 6 heteroatoms. The Kier molecular flexibility index (Phi) is 5.24. The third-order valence-corrected chi connectivity index (χ3v) is 5.07. The molecule has 2 aromatic carbocycles. The molecule has 2 aromatic heterocycles. The molecule has 0 saturated heterocycles. The lowest BCUT2D eigenvalue weighted by atomic mass is 10.1. The highest BCUT2D eigenvalue weighted by molar-refractivity contribution is 9.10. The second kappa shape index (κ2) is 7.98. The number of methoxy groups -OCH3 is 1. The second-order valence-electron chi connectivity index (χ2n) is 6.66. The highest BCUT2D eigenvalue weighted by Crippen LogP contribution is 2.33. The Morgan fingerprint density at radius 2 is 1.86 bits per heavy atom. The maximum absolute atomic E-state index is 8.89. The van der Waals surface area contributed by atoms with Crippen molar-refractivity contribution < 1.29 is 9.47 Å². The topological polar surface area (TPSA) is 59.6 Å². The van der Waals surface area contributed by atoms with Gasteiger partial charge in [0.15, 0.2) is 11.5 Å². The molecule has 2 heterocycles. The van der Waals surface area contributed by atoms with Crippen molar-refractivity contribution in [3.63, 3.8) is 0 Å². The number of fused-ring (bicyclic) bond motifs is 1. The van der Waals surface area contributed by atoms with E-state index in [1.807, 2.05) is 60.1 Å². The van der Waals surface area contributed by atoms with Crippen molar-refractivity contribution in [1.82, 2.24) is 9.38 Å². The highest BCUT2D eigenvalue weighted by atomic mass is 79.9. The first-order valence-electron chi connectivity index (χ1n) is 9.02. The fourth-order valence-corrected chi connectivity index (χ4v) is 3.71. The summed E-state index contributed by atoms with van der Waals surface area (Å²) in [5, 5.41) is 8.89. The molecule has 4 aromatic rings. The summed E-state index contributed by atoms with van der Waals surface area (Å²) in [4.78, 5) is 4.76. The van der Waals surface area contributed by atoms with Crippen molar-refractivity contribution in [2.24, 2.45) is 0 Å². The highest BCUT2D eigenvalue weighted by Gasteiger charge is 2.11. The molecule has 0 unspecified atom stereocenters. The standard InChI is InChI=1S/C23H18BrN3O2/c1-15-9-19(24)12-27-13-20(26-23(15)27)18-7-8-21(22(10-18)28-2)29-14-17-5-3-16(11-25)4-6-17/h3-10,12-13H,14H2,1-2H3. The predicted octanol–water partition coefficient (Wildman–Crippen LogP) is 5.53. The molecule has 0 aliphatic rings. The van der Waals surface area contributed by atoms with Crippen LogP contribution in [-0.2, 0) is 6.61 Å². The molecule has 0 saturated carbocycles. The van der Waals surface area contributed by atoms with Gasteiger partial charge in [-0.25, -0.2) is 4.98 Å². The van der Waals surface area contributed by atoms with E-state index in [-0.39, 0.29) is 0 Å². The Bertz CT molecular complexity index is 1220. The van der Waals surface area contributed by atoms with E-state index >= 15 is 0 Å². The number of hydrogen-bond acceptors (Lipinski definition) is 4. The maximum atomic E-state index is 8.89. The van der Waals surface area contributed by atoms with Crippen LogP contribution >= 0.6 is 15.9 Å². The molecule has 0 aliphatic carbocycles. The van der Waals surface area contributed by atoms with Crippen LogP contribution in [0.3, 0.4) is 0 Å². The zero-order valence-corrected chi connectivity index (χ0v) is 17.6. The lowest BCUT2D eigenvalue weighted by molar-refractivity contribution is 0.284. The van der Waals surface area contributed by atoms with Crippen LogP contribution in [0.5, 0.6) is 11.5 Å². The van der Waals surface area contributed by atoms with E-state index < -0.39 is 0 Å². The van der Waals surface area contributed by atoms with Gasteiger partial charge in [-0.3, -0.25) is 0 Å². The normalized spacial score (nSPS) is 10.7. The molecule has 0 bridgehead atoms. The summed E-state index contributed by atoms with van der Waals surface area (Å²) >= 11 is 3.52. The first-order chi connectivity index (χ1) is 14.1. The molecule has 4 rings (SSSR count). The smallest absolute Gasteiger partial charge is 0.161 e. The third-order valence-electron chi connectivity index (χ3n) is 4.64. The minimum Gasteiger partial charge on any atom is -0.493 e. The van der Waals surface area contributed by atoms with Crippen LogP contribution < -0.4 is 9.47 Å². The number of rotatable bonds is 5. The minimum absolute atomic E-state index is 0.392. The number of nitrogens with zero attached hydrogens (tertiary/aromatic N) is 3. The van der Waals surface area contributed by atoms with Crippen molar-refractivity contribution in [3.8, 4) is 28.8 Å². The zero-order chi connectivity index (χ0) is 20.4. The predicted molar refractivity (Wildman–Crippen MR) is 115 cm³/mol. The Hall–Kier alpha value is -3.30. The molecule has 0 spiro atoms. The number of pyridine rings is 1. The van der Waals surface area contributed by atoms with Gasteiger partial charge in [-0.2, -0.15) is 5.26 Å².